The van der Waals surface area contributed by atoms with Crippen LogP contribution in [0.4, 0.5) is 0 Å². The standard InChI is InChI=1S/C35H35N5O7S2/c41-29(36-22-35(43)13-4-14-35)20-30-38-39-32(47-30)31(49(44,45)21-23-5-2-1-3-6-23)33-37-27-12-11-26(19-28(27)48-33)24-7-9-25(10-8-24)34(42)40-15-17-46-18-16-40/h1-3,5-12,19,31,43H,4,13-18,20-22H2,(H,36,41). The number of ether oxygens (including phenoxy) is 1. The number of hydrogen-bond donors (Lipinski definition) is 2. The van der Waals surface area contributed by atoms with E-state index >= 15 is 0 Å². The maximum atomic E-state index is 14.0. The summed E-state index contributed by atoms with van der Waals surface area (Å²) in [5.41, 5.74) is 2.70. The Balaban J connectivity index is 1.15. The molecule has 0 radical (unpaired) electrons. The van der Waals surface area contributed by atoms with Gasteiger partial charge in [0, 0.05) is 25.2 Å². The summed E-state index contributed by atoms with van der Waals surface area (Å²) < 4.78 is 40.0. The van der Waals surface area contributed by atoms with Gasteiger partial charge < -0.3 is 24.5 Å². The highest BCUT2D eigenvalue weighted by Gasteiger charge is 2.38. The van der Waals surface area contributed by atoms with Gasteiger partial charge in [-0.15, -0.1) is 21.5 Å². The molecule has 3 aromatic carbocycles. The van der Waals surface area contributed by atoms with Crippen LogP contribution < -0.4 is 5.32 Å². The van der Waals surface area contributed by atoms with E-state index in [1.807, 2.05) is 48.5 Å². The van der Waals surface area contributed by atoms with Crippen molar-refractivity contribution in [3.8, 4) is 11.1 Å². The molecule has 7 rings (SSSR count). The summed E-state index contributed by atoms with van der Waals surface area (Å²) in [7, 11) is -3.98. The van der Waals surface area contributed by atoms with E-state index in [1.54, 1.807) is 29.2 Å². The fourth-order valence-corrected chi connectivity index (χ4v) is 9.11. The number of thiazole rings is 1. The van der Waals surface area contributed by atoms with Gasteiger partial charge in [0.15, 0.2) is 15.1 Å². The molecule has 1 saturated heterocycles. The van der Waals surface area contributed by atoms with Crippen molar-refractivity contribution in [3.05, 3.63) is 101 Å². The van der Waals surface area contributed by atoms with Crippen LogP contribution >= 0.6 is 11.3 Å². The molecular formula is C35H35N5O7S2. The molecule has 3 heterocycles. The van der Waals surface area contributed by atoms with E-state index in [1.165, 1.54) is 11.3 Å². The fourth-order valence-electron chi connectivity index (χ4n) is 5.96. The first-order valence-electron chi connectivity index (χ1n) is 16.1. The van der Waals surface area contributed by atoms with Crippen molar-refractivity contribution in [3.63, 3.8) is 0 Å². The first-order chi connectivity index (χ1) is 23.7. The Labute approximate surface area is 287 Å². The van der Waals surface area contributed by atoms with E-state index in [2.05, 4.69) is 15.5 Å². The molecule has 0 bridgehead atoms. The molecule has 2 aliphatic rings. The van der Waals surface area contributed by atoms with Gasteiger partial charge in [-0.25, -0.2) is 13.4 Å². The fraction of sp³-hybridized carbons (Fsp3) is 0.343. The molecule has 2 fully saturated rings. The Morgan fingerprint density at radius 2 is 1.71 bits per heavy atom. The minimum Gasteiger partial charge on any atom is -0.423 e. The second kappa shape index (κ2) is 13.8. The molecule has 2 N–H and O–H groups in total. The van der Waals surface area contributed by atoms with Crippen LogP contribution in [0.25, 0.3) is 21.3 Å². The summed E-state index contributed by atoms with van der Waals surface area (Å²) in [6, 6.07) is 21.9. The minimum atomic E-state index is -3.98. The number of benzene rings is 3. The zero-order valence-electron chi connectivity index (χ0n) is 26.6. The van der Waals surface area contributed by atoms with Crippen LogP contribution in [0.1, 0.15) is 57.2 Å². The number of amides is 2. The first-order valence-corrected chi connectivity index (χ1v) is 18.6. The topological polar surface area (TPSA) is 165 Å². The average Bonchev–Trinajstić information content (AvgIpc) is 3.73. The van der Waals surface area contributed by atoms with Crippen LogP contribution in [-0.4, -0.2) is 83.9 Å². The van der Waals surface area contributed by atoms with Crippen LogP contribution in [0, 0.1) is 0 Å². The van der Waals surface area contributed by atoms with Crippen molar-refractivity contribution >= 4 is 43.2 Å². The van der Waals surface area contributed by atoms with Gasteiger partial charge in [-0.2, -0.15) is 0 Å². The predicted octanol–water partition coefficient (Wildman–Crippen LogP) is 4.10. The molecule has 14 heteroatoms. The Kier molecular flexibility index (Phi) is 9.29. The summed E-state index contributed by atoms with van der Waals surface area (Å²) in [6.07, 6.45) is 1.92. The van der Waals surface area contributed by atoms with Crippen LogP contribution in [0.15, 0.2) is 77.2 Å². The maximum Gasteiger partial charge on any atom is 0.254 e. The first kappa shape index (κ1) is 33.0. The van der Waals surface area contributed by atoms with E-state index in [9.17, 15) is 23.1 Å². The molecule has 1 saturated carbocycles. The lowest BCUT2D eigenvalue weighted by Gasteiger charge is -2.36. The third-order valence-electron chi connectivity index (χ3n) is 8.88. The number of morpholine rings is 1. The van der Waals surface area contributed by atoms with Crippen molar-refractivity contribution in [2.45, 2.75) is 42.3 Å². The number of rotatable bonds is 11. The molecule has 1 unspecified atom stereocenters. The summed E-state index contributed by atoms with van der Waals surface area (Å²) in [5, 5.41) is 20.0. The maximum absolute atomic E-state index is 14.0. The van der Waals surface area contributed by atoms with Gasteiger partial charge >= 0.3 is 0 Å². The summed E-state index contributed by atoms with van der Waals surface area (Å²) in [6.45, 7) is 2.33. The molecule has 254 valence electrons. The Hall–Kier alpha value is -4.50. The number of sulfone groups is 1. The zero-order valence-corrected chi connectivity index (χ0v) is 28.2. The van der Waals surface area contributed by atoms with Crippen LogP contribution in [0.2, 0.25) is 0 Å². The Morgan fingerprint density at radius 3 is 2.43 bits per heavy atom. The molecule has 49 heavy (non-hydrogen) atoms. The lowest BCUT2D eigenvalue weighted by atomic mass is 9.80. The molecule has 2 aromatic heterocycles. The average molecular weight is 702 g/mol. The monoisotopic (exact) mass is 701 g/mol. The molecule has 12 nitrogen and oxygen atoms in total. The van der Waals surface area contributed by atoms with Crippen LogP contribution in [0.3, 0.4) is 0 Å². The SMILES string of the molecule is O=C(Cc1nnc(C(c2nc3ccc(-c4ccc(C(=O)N5CCOCC5)cc4)cc3s2)S(=O)(=O)Cc2ccccc2)o1)NCC1(O)CCC1. The lowest BCUT2D eigenvalue weighted by molar-refractivity contribution is -0.123. The van der Waals surface area contributed by atoms with Gasteiger partial charge in [0.1, 0.15) is 11.4 Å². The number of aromatic nitrogens is 3. The number of carbonyl (C=O) groups excluding carboxylic acids is 2. The highest BCUT2D eigenvalue weighted by molar-refractivity contribution is 7.91. The molecule has 1 aliphatic carbocycles. The van der Waals surface area contributed by atoms with Crippen molar-refractivity contribution in [1.82, 2.24) is 25.4 Å². The second-order valence-corrected chi connectivity index (χ2v) is 15.6. The summed E-state index contributed by atoms with van der Waals surface area (Å²) in [4.78, 5) is 32.0. The van der Waals surface area contributed by atoms with Gasteiger partial charge in [-0.05, 0) is 60.2 Å². The second-order valence-electron chi connectivity index (χ2n) is 12.5. The summed E-state index contributed by atoms with van der Waals surface area (Å²) >= 11 is 1.22. The van der Waals surface area contributed by atoms with E-state index in [4.69, 9.17) is 14.1 Å². The van der Waals surface area contributed by atoms with E-state index in [-0.39, 0.29) is 41.4 Å². The van der Waals surface area contributed by atoms with Gasteiger partial charge in [-0.1, -0.05) is 48.5 Å². The third-order valence-corrected chi connectivity index (χ3v) is 12.0. The largest absolute Gasteiger partial charge is 0.423 e. The van der Waals surface area contributed by atoms with E-state index in [0.717, 1.165) is 22.2 Å². The zero-order chi connectivity index (χ0) is 34.0. The van der Waals surface area contributed by atoms with Crippen LogP contribution in [0.5, 0.6) is 0 Å². The summed E-state index contributed by atoms with van der Waals surface area (Å²) in [5.74, 6) is -0.933. The molecule has 0 spiro atoms. The number of nitrogens with one attached hydrogen (secondary N) is 1. The van der Waals surface area contributed by atoms with Gasteiger partial charge in [0.25, 0.3) is 5.91 Å². The smallest absolute Gasteiger partial charge is 0.254 e. The van der Waals surface area contributed by atoms with Gasteiger partial charge in [0.05, 0.1) is 34.8 Å². The van der Waals surface area contributed by atoms with Gasteiger partial charge in [-0.3, -0.25) is 9.59 Å². The number of aliphatic hydroxyl groups is 1. The van der Waals surface area contributed by atoms with E-state index < -0.39 is 26.6 Å². The van der Waals surface area contributed by atoms with Crippen molar-refractivity contribution < 1.29 is 32.3 Å². The lowest BCUT2D eigenvalue weighted by Crippen LogP contribution is -2.48. The Bertz CT molecular complexity index is 2070. The molecule has 1 aliphatic heterocycles. The highest BCUT2D eigenvalue weighted by atomic mass is 32.2. The molecular weight excluding hydrogens is 667 g/mol. The van der Waals surface area contributed by atoms with E-state index in [0.29, 0.717) is 55.8 Å². The van der Waals surface area contributed by atoms with Crippen molar-refractivity contribution in [2.24, 2.45) is 0 Å². The number of hydrogen-bond acceptors (Lipinski definition) is 11. The molecule has 2 amide bonds. The number of nitrogens with zero attached hydrogens (tertiary/aromatic N) is 4. The third kappa shape index (κ3) is 7.42. The number of fused-ring (bicyclic) bond motifs is 1. The van der Waals surface area contributed by atoms with Crippen LogP contribution in [-0.2, 0) is 31.5 Å². The quantitative estimate of drug-likeness (QED) is 0.205. The van der Waals surface area contributed by atoms with Gasteiger partial charge in [0.2, 0.25) is 17.7 Å². The van der Waals surface area contributed by atoms with Crippen molar-refractivity contribution in [1.29, 1.82) is 0 Å². The highest BCUT2D eigenvalue weighted by Crippen LogP contribution is 2.38. The molecule has 5 aromatic rings. The minimum absolute atomic E-state index is 0.0304. The Morgan fingerprint density at radius 1 is 0.980 bits per heavy atom. The predicted molar refractivity (Wildman–Crippen MR) is 182 cm³/mol. The normalized spacial score (nSPS) is 16.6. The van der Waals surface area contributed by atoms with Crippen molar-refractivity contribution in [2.75, 3.05) is 32.8 Å². The molecule has 1 atom stereocenters. The number of carbonyl (C=O) groups is 2.